The molecule has 0 unspecified atom stereocenters. The van der Waals surface area contributed by atoms with Crippen LogP contribution in [0.3, 0.4) is 0 Å². The molecule has 0 aliphatic rings. The van der Waals surface area contributed by atoms with Crippen LogP contribution in [-0.2, 0) is 37.2 Å². The zero-order chi connectivity index (χ0) is 25.7. The number of hydrogen-bond acceptors (Lipinski definition) is 8. The summed E-state index contributed by atoms with van der Waals surface area (Å²) in [6.45, 7) is 14.0. The van der Waals surface area contributed by atoms with Gasteiger partial charge in [0.2, 0.25) is 0 Å². The summed E-state index contributed by atoms with van der Waals surface area (Å²) in [5.41, 5.74) is 0.820. The average molecular weight is 505 g/mol. The Labute approximate surface area is 206 Å². The minimum Gasteiger partial charge on any atom is -0.462 e. The Balaban J connectivity index is 3.86. The van der Waals surface area contributed by atoms with Crippen LogP contribution in [0.1, 0.15) is 91.4 Å². The van der Waals surface area contributed by atoms with E-state index in [0.717, 1.165) is 70.6 Å². The van der Waals surface area contributed by atoms with Gasteiger partial charge < -0.3 is 9.47 Å². The van der Waals surface area contributed by atoms with Crippen molar-refractivity contribution in [3.63, 3.8) is 0 Å². The van der Waals surface area contributed by atoms with Crippen LogP contribution in [0.25, 0.3) is 0 Å². The molecule has 34 heavy (non-hydrogen) atoms. The second-order valence-corrected chi connectivity index (χ2v) is 9.98. The average Bonchev–Trinajstić information content (AvgIpc) is 2.80. The summed E-state index contributed by atoms with van der Waals surface area (Å²) in [6.07, 6.45) is 9.52. The predicted octanol–water partition coefficient (Wildman–Crippen LogP) is 6.69. The van der Waals surface area contributed by atoms with Crippen molar-refractivity contribution < 1.29 is 37.2 Å². The number of phosphoric acid groups is 1. The van der Waals surface area contributed by atoms with Crippen LogP contribution in [0.5, 0.6) is 0 Å². The monoisotopic (exact) mass is 504 g/mol. The van der Waals surface area contributed by atoms with Gasteiger partial charge in [-0.2, -0.15) is 0 Å². The molecule has 0 heterocycles. The highest BCUT2D eigenvalue weighted by atomic mass is 31.2. The van der Waals surface area contributed by atoms with Gasteiger partial charge in [0.05, 0.1) is 33.0 Å². The van der Waals surface area contributed by atoms with Crippen molar-refractivity contribution in [3.8, 4) is 0 Å². The molecule has 0 saturated carbocycles. The van der Waals surface area contributed by atoms with Crippen LogP contribution in [0.2, 0.25) is 0 Å². The Morgan fingerprint density at radius 2 is 0.912 bits per heavy atom. The SMILES string of the molecule is C=C(C)C(=O)OCCCCCCCOP(=O)(OCCC)OCCCCCCCOC(=O)C(=C)C. The molecule has 0 rings (SSSR count). The Morgan fingerprint density at radius 1 is 0.588 bits per heavy atom. The molecule has 0 radical (unpaired) electrons. The third-order valence-corrected chi connectivity index (χ3v) is 6.19. The predicted molar refractivity (Wildman–Crippen MR) is 133 cm³/mol. The van der Waals surface area contributed by atoms with Crippen LogP contribution in [0.15, 0.2) is 24.3 Å². The third-order valence-electron chi connectivity index (χ3n) is 4.69. The summed E-state index contributed by atoms with van der Waals surface area (Å²) in [7, 11) is -3.54. The number of esters is 2. The van der Waals surface area contributed by atoms with Crippen LogP contribution in [0.4, 0.5) is 0 Å². The minimum absolute atomic E-state index is 0.314. The van der Waals surface area contributed by atoms with Gasteiger partial charge in [0.15, 0.2) is 0 Å². The molecule has 0 aromatic carbocycles. The van der Waals surface area contributed by atoms with Crippen LogP contribution < -0.4 is 0 Å². The number of unbranched alkanes of at least 4 members (excludes halogenated alkanes) is 8. The fourth-order valence-electron chi connectivity index (χ4n) is 2.71. The van der Waals surface area contributed by atoms with E-state index in [2.05, 4.69) is 13.2 Å². The highest BCUT2D eigenvalue weighted by Gasteiger charge is 2.25. The molecule has 0 bridgehead atoms. The largest absolute Gasteiger partial charge is 0.474 e. The maximum Gasteiger partial charge on any atom is 0.474 e. The van der Waals surface area contributed by atoms with E-state index >= 15 is 0 Å². The summed E-state index contributed by atoms with van der Waals surface area (Å²) in [4.78, 5) is 22.6. The van der Waals surface area contributed by atoms with Crippen LogP contribution in [0, 0.1) is 0 Å². The summed E-state index contributed by atoms with van der Waals surface area (Å²) < 4.78 is 39.3. The number of hydrogen-bond donors (Lipinski definition) is 0. The van der Waals surface area contributed by atoms with E-state index in [1.165, 1.54) is 0 Å². The number of ether oxygens (including phenoxy) is 2. The van der Waals surface area contributed by atoms with Crippen molar-refractivity contribution >= 4 is 19.8 Å². The van der Waals surface area contributed by atoms with Crippen molar-refractivity contribution in [1.82, 2.24) is 0 Å². The van der Waals surface area contributed by atoms with Crippen molar-refractivity contribution in [1.29, 1.82) is 0 Å². The Morgan fingerprint density at radius 3 is 1.26 bits per heavy atom. The summed E-state index contributed by atoms with van der Waals surface area (Å²) >= 11 is 0. The smallest absolute Gasteiger partial charge is 0.462 e. The van der Waals surface area contributed by atoms with Gasteiger partial charge >= 0.3 is 19.8 Å². The van der Waals surface area contributed by atoms with Gasteiger partial charge in [-0.3, -0.25) is 13.6 Å². The van der Waals surface area contributed by atoms with E-state index in [1.54, 1.807) is 13.8 Å². The van der Waals surface area contributed by atoms with E-state index in [-0.39, 0.29) is 11.9 Å². The van der Waals surface area contributed by atoms with Gasteiger partial charge in [0, 0.05) is 11.1 Å². The number of carbonyl (C=O) groups is 2. The van der Waals surface area contributed by atoms with E-state index < -0.39 is 7.82 Å². The summed E-state index contributed by atoms with van der Waals surface area (Å²) in [5.74, 6) is -0.698. The molecule has 0 spiro atoms. The highest BCUT2D eigenvalue weighted by molar-refractivity contribution is 7.48. The summed E-state index contributed by atoms with van der Waals surface area (Å²) in [5, 5.41) is 0. The topological polar surface area (TPSA) is 97.4 Å². The zero-order valence-corrected chi connectivity index (χ0v) is 22.3. The van der Waals surface area contributed by atoms with E-state index in [1.807, 2.05) is 6.92 Å². The molecule has 0 aromatic heterocycles. The lowest BCUT2D eigenvalue weighted by atomic mass is 10.1. The molecule has 198 valence electrons. The lowest BCUT2D eigenvalue weighted by molar-refractivity contribution is -0.139. The van der Waals surface area contributed by atoms with Crippen molar-refractivity contribution in [3.05, 3.63) is 24.3 Å². The van der Waals surface area contributed by atoms with E-state index in [4.69, 9.17) is 23.0 Å². The number of phosphoric ester groups is 1. The second kappa shape index (κ2) is 20.9. The standard InChI is InChI=1S/C25H45O8P/c1-6-17-31-34(28,32-20-15-11-7-9-13-18-29-24(26)22(2)3)33-21-16-12-8-10-14-19-30-25(27)23(4)5/h2,4,6-21H2,1,3,5H3. The molecule has 0 N–H and O–H groups in total. The van der Waals surface area contributed by atoms with Gasteiger partial charge in [0.25, 0.3) is 0 Å². The van der Waals surface area contributed by atoms with E-state index in [9.17, 15) is 14.2 Å². The molecule has 0 atom stereocenters. The first kappa shape index (κ1) is 32.5. The first-order chi connectivity index (χ1) is 16.2. The maximum atomic E-state index is 12.8. The molecule has 0 saturated heterocycles. The molecule has 0 fully saturated rings. The molecular formula is C25H45O8P. The Hall–Kier alpha value is -1.47. The molecular weight excluding hydrogens is 459 g/mol. The van der Waals surface area contributed by atoms with E-state index in [0.29, 0.717) is 44.2 Å². The lowest BCUT2D eigenvalue weighted by Crippen LogP contribution is -2.06. The first-order valence-corrected chi connectivity index (χ1v) is 13.9. The van der Waals surface area contributed by atoms with Gasteiger partial charge in [-0.05, 0) is 46.0 Å². The normalized spacial score (nSPS) is 11.3. The number of carbonyl (C=O) groups excluding carboxylic acids is 2. The highest BCUT2D eigenvalue weighted by Crippen LogP contribution is 2.49. The van der Waals surface area contributed by atoms with Gasteiger partial charge in [-0.1, -0.05) is 58.6 Å². The maximum absolute atomic E-state index is 12.8. The minimum atomic E-state index is -3.54. The van der Waals surface area contributed by atoms with Gasteiger partial charge in [-0.25, -0.2) is 14.2 Å². The molecule has 0 amide bonds. The fraction of sp³-hybridized carbons (Fsp3) is 0.760. The molecule has 9 heteroatoms. The van der Waals surface area contributed by atoms with Gasteiger partial charge in [0.1, 0.15) is 0 Å². The third kappa shape index (κ3) is 18.9. The summed E-state index contributed by atoms with van der Waals surface area (Å²) in [6, 6.07) is 0. The Bertz CT molecular complexity index is 599. The fourth-order valence-corrected chi connectivity index (χ4v) is 4.05. The molecule has 0 aliphatic heterocycles. The lowest BCUT2D eigenvalue weighted by Gasteiger charge is -2.17. The van der Waals surface area contributed by atoms with Crippen LogP contribution in [-0.4, -0.2) is 45.0 Å². The molecule has 0 aliphatic carbocycles. The molecule has 8 nitrogen and oxygen atoms in total. The van der Waals surface area contributed by atoms with Crippen LogP contribution >= 0.6 is 7.82 Å². The number of rotatable bonds is 23. The second-order valence-electron chi connectivity index (χ2n) is 8.31. The van der Waals surface area contributed by atoms with Crippen molar-refractivity contribution in [2.45, 2.75) is 91.4 Å². The first-order valence-electron chi connectivity index (χ1n) is 12.4. The zero-order valence-electron chi connectivity index (χ0n) is 21.4. The van der Waals surface area contributed by atoms with Crippen molar-refractivity contribution in [2.75, 3.05) is 33.0 Å². The molecule has 0 aromatic rings. The quantitative estimate of drug-likeness (QED) is 0.0657. The van der Waals surface area contributed by atoms with Crippen molar-refractivity contribution in [2.24, 2.45) is 0 Å². The van der Waals surface area contributed by atoms with Gasteiger partial charge in [-0.15, -0.1) is 0 Å². The Kier molecular flexibility index (Phi) is 20.0.